The van der Waals surface area contributed by atoms with Gasteiger partial charge in [-0.3, -0.25) is 4.79 Å². The quantitative estimate of drug-likeness (QED) is 0.163. The smallest absolute Gasteiger partial charge is 0.318 e. The zero-order valence-electron chi connectivity index (χ0n) is 28.0. The Morgan fingerprint density at radius 1 is 1.14 bits per heavy atom. The standard InChI is InChI=1S/C27H33ClFN5O2.C6H14.C2H6/c1-5-8-22-24(18(2)11-12-20-9-6-7-10-23(20)28)31-27(36-4)32-25(22)33-15-16-34(26(35)19(3)29)21(17-33)13-14-30;1-3-5-6-4-2;1-2/h6-7,9-10,18,21H,3,5,8,11-13,15-17H2,1-2,4H3;3-6H2,1-2H3;1-2H3/t18-,21?;;/m1../s1. The fourth-order valence-electron chi connectivity index (χ4n) is 5.18. The summed E-state index contributed by atoms with van der Waals surface area (Å²) in [6.07, 6.45) is 8.95. The third-order valence-corrected chi connectivity index (χ3v) is 7.88. The van der Waals surface area contributed by atoms with Gasteiger partial charge in [0.2, 0.25) is 0 Å². The number of hydrogen-bond donors (Lipinski definition) is 0. The van der Waals surface area contributed by atoms with E-state index in [1.165, 1.54) is 30.6 Å². The van der Waals surface area contributed by atoms with Gasteiger partial charge in [0.1, 0.15) is 5.82 Å². The SMILES string of the molecule is C=C(F)C(=O)N1CCN(c2nc(OC)nc([C@H](C)CCc3ccccc3Cl)c2CCC)CC1CC#N.CC.CCCCCC. The van der Waals surface area contributed by atoms with E-state index >= 15 is 0 Å². The van der Waals surface area contributed by atoms with Gasteiger partial charge in [-0.05, 0) is 36.8 Å². The van der Waals surface area contributed by atoms with Gasteiger partial charge < -0.3 is 14.5 Å². The normalized spacial score (nSPS) is 14.8. The summed E-state index contributed by atoms with van der Waals surface area (Å²) in [4.78, 5) is 25.2. The molecule has 9 heteroatoms. The molecule has 0 spiro atoms. The molecule has 1 aliphatic heterocycles. The number of aryl methyl sites for hydroxylation is 1. The minimum absolute atomic E-state index is 0.0853. The van der Waals surface area contributed by atoms with Crippen LogP contribution in [-0.2, 0) is 17.6 Å². The molecular formula is C35H53ClFN5O2. The summed E-state index contributed by atoms with van der Waals surface area (Å²) in [6.45, 7) is 16.9. The minimum atomic E-state index is -1.02. The number of unbranched alkanes of at least 4 members (excludes halogenated alkanes) is 3. The second kappa shape index (κ2) is 21.5. The lowest BCUT2D eigenvalue weighted by atomic mass is 9.93. The maximum absolute atomic E-state index is 13.6. The summed E-state index contributed by atoms with van der Waals surface area (Å²) in [5, 5.41) is 10.1. The van der Waals surface area contributed by atoms with Crippen molar-refractivity contribution in [1.82, 2.24) is 14.9 Å². The van der Waals surface area contributed by atoms with Crippen molar-refractivity contribution in [3.8, 4) is 12.1 Å². The molecule has 0 saturated carbocycles. The molecule has 1 unspecified atom stereocenters. The van der Waals surface area contributed by atoms with Crippen LogP contribution in [0.3, 0.4) is 0 Å². The van der Waals surface area contributed by atoms with Gasteiger partial charge >= 0.3 is 6.01 Å². The van der Waals surface area contributed by atoms with Crippen LogP contribution in [0.4, 0.5) is 10.2 Å². The lowest BCUT2D eigenvalue weighted by molar-refractivity contribution is -0.131. The number of amides is 1. The molecule has 1 aromatic heterocycles. The first-order valence-electron chi connectivity index (χ1n) is 16.2. The van der Waals surface area contributed by atoms with Crippen LogP contribution in [0.1, 0.15) is 109 Å². The van der Waals surface area contributed by atoms with E-state index in [1.807, 2.05) is 38.1 Å². The Kier molecular flexibility index (Phi) is 19.0. The Hall–Kier alpha value is -3.18. The predicted molar refractivity (Wildman–Crippen MR) is 180 cm³/mol. The summed E-state index contributed by atoms with van der Waals surface area (Å²) in [5.74, 6) is -0.919. The molecule has 3 rings (SSSR count). The van der Waals surface area contributed by atoms with Crippen LogP contribution in [0.15, 0.2) is 36.7 Å². The number of nitrogens with zero attached hydrogens (tertiary/aromatic N) is 5. The Bertz CT molecular complexity index is 1200. The number of hydrogen-bond acceptors (Lipinski definition) is 6. The monoisotopic (exact) mass is 629 g/mol. The average molecular weight is 630 g/mol. The molecule has 244 valence electrons. The molecule has 2 atom stereocenters. The predicted octanol–water partition coefficient (Wildman–Crippen LogP) is 8.85. The summed E-state index contributed by atoms with van der Waals surface area (Å²) in [6, 6.07) is 9.77. The Morgan fingerprint density at radius 3 is 2.34 bits per heavy atom. The van der Waals surface area contributed by atoms with Crippen LogP contribution >= 0.6 is 11.6 Å². The first-order chi connectivity index (χ1) is 21.2. The number of benzene rings is 1. The Labute approximate surface area is 270 Å². The third-order valence-electron chi connectivity index (χ3n) is 7.51. The van der Waals surface area contributed by atoms with Crippen molar-refractivity contribution in [3.63, 3.8) is 0 Å². The van der Waals surface area contributed by atoms with Gasteiger partial charge in [-0.25, -0.2) is 4.39 Å². The highest BCUT2D eigenvalue weighted by Gasteiger charge is 2.34. The van der Waals surface area contributed by atoms with Crippen LogP contribution in [0.25, 0.3) is 0 Å². The lowest BCUT2D eigenvalue weighted by Crippen LogP contribution is -2.55. The van der Waals surface area contributed by atoms with Crippen molar-refractivity contribution >= 4 is 23.3 Å². The molecular weight excluding hydrogens is 577 g/mol. The zero-order chi connectivity index (χ0) is 33.1. The van der Waals surface area contributed by atoms with E-state index in [9.17, 15) is 14.4 Å². The Morgan fingerprint density at radius 2 is 1.80 bits per heavy atom. The van der Waals surface area contributed by atoms with E-state index < -0.39 is 17.8 Å². The van der Waals surface area contributed by atoms with E-state index in [4.69, 9.17) is 26.3 Å². The lowest BCUT2D eigenvalue weighted by Gasteiger charge is -2.41. The molecule has 1 aromatic carbocycles. The Balaban J connectivity index is 0.00000108. The van der Waals surface area contributed by atoms with E-state index in [0.29, 0.717) is 13.1 Å². The second-order valence-corrected chi connectivity index (χ2v) is 11.2. The summed E-state index contributed by atoms with van der Waals surface area (Å²) < 4.78 is 19.1. The van der Waals surface area contributed by atoms with Crippen molar-refractivity contribution in [3.05, 3.63) is 58.5 Å². The zero-order valence-corrected chi connectivity index (χ0v) is 28.7. The first-order valence-corrected chi connectivity index (χ1v) is 16.5. The maximum Gasteiger partial charge on any atom is 0.318 e. The summed E-state index contributed by atoms with van der Waals surface area (Å²) in [7, 11) is 1.54. The molecule has 0 N–H and O–H groups in total. The number of carbonyl (C=O) groups is 1. The van der Waals surface area contributed by atoms with Crippen molar-refractivity contribution in [2.45, 2.75) is 111 Å². The topological polar surface area (TPSA) is 82.3 Å². The number of nitriles is 1. The molecule has 1 saturated heterocycles. The number of aromatic nitrogens is 2. The fraction of sp³-hybridized carbons (Fsp3) is 0.600. The molecule has 1 aliphatic rings. The van der Waals surface area contributed by atoms with Crippen LogP contribution in [0, 0.1) is 11.3 Å². The minimum Gasteiger partial charge on any atom is -0.467 e. The largest absolute Gasteiger partial charge is 0.467 e. The van der Waals surface area contributed by atoms with E-state index in [0.717, 1.165) is 53.3 Å². The van der Waals surface area contributed by atoms with E-state index in [-0.39, 0.29) is 24.9 Å². The first kappa shape index (κ1) is 38.8. The highest BCUT2D eigenvalue weighted by Crippen LogP contribution is 2.33. The van der Waals surface area contributed by atoms with E-state index in [1.54, 1.807) is 7.11 Å². The summed E-state index contributed by atoms with van der Waals surface area (Å²) >= 11 is 6.37. The molecule has 0 radical (unpaired) electrons. The number of piperazine rings is 1. The van der Waals surface area contributed by atoms with Gasteiger partial charge in [-0.1, -0.05) is 110 Å². The third kappa shape index (κ3) is 11.7. The molecule has 0 aliphatic carbocycles. The van der Waals surface area contributed by atoms with Gasteiger partial charge in [0.05, 0.1) is 31.3 Å². The number of ether oxygens (including phenoxy) is 1. The van der Waals surface area contributed by atoms with Crippen molar-refractivity contribution in [2.75, 3.05) is 31.6 Å². The molecule has 1 fully saturated rings. The molecule has 1 amide bonds. The number of rotatable bonds is 13. The molecule has 44 heavy (non-hydrogen) atoms. The van der Waals surface area contributed by atoms with Gasteiger partial charge in [0, 0.05) is 30.2 Å². The van der Waals surface area contributed by atoms with Gasteiger partial charge in [-0.15, -0.1) is 0 Å². The number of carbonyl (C=O) groups excluding carboxylic acids is 1. The highest BCUT2D eigenvalue weighted by atomic mass is 35.5. The number of methoxy groups -OCH3 is 1. The summed E-state index contributed by atoms with van der Waals surface area (Å²) in [5.41, 5.74) is 3.06. The van der Waals surface area contributed by atoms with Crippen molar-refractivity contribution < 1.29 is 13.9 Å². The van der Waals surface area contributed by atoms with Crippen LogP contribution in [-0.4, -0.2) is 53.6 Å². The van der Waals surface area contributed by atoms with E-state index in [2.05, 4.69) is 45.2 Å². The van der Waals surface area contributed by atoms with Crippen molar-refractivity contribution in [2.24, 2.45) is 0 Å². The highest BCUT2D eigenvalue weighted by molar-refractivity contribution is 6.31. The molecule has 0 bridgehead atoms. The van der Waals surface area contributed by atoms with Gasteiger partial charge in [0.15, 0.2) is 5.83 Å². The second-order valence-electron chi connectivity index (χ2n) is 10.8. The molecule has 2 aromatic rings. The maximum atomic E-state index is 13.6. The average Bonchev–Trinajstić information content (AvgIpc) is 3.04. The van der Waals surface area contributed by atoms with Crippen LogP contribution < -0.4 is 9.64 Å². The fourth-order valence-corrected chi connectivity index (χ4v) is 5.41. The van der Waals surface area contributed by atoms with Crippen LogP contribution in [0.5, 0.6) is 6.01 Å². The molecule has 2 heterocycles. The van der Waals surface area contributed by atoms with Gasteiger partial charge in [-0.2, -0.15) is 15.2 Å². The molecule has 7 nitrogen and oxygen atoms in total. The van der Waals surface area contributed by atoms with Crippen LogP contribution in [0.2, 0.25) is 5.02 Å². The van der Waals surface area contributed by atoms with Gasteiger partial charge in [0.25, 0.3) is 5.91 Å². The number of anilines is 1. The van der Waals surface area contributed by atoms with Crippen molar-refractivity contribution in [1.29, 1.82) is 5.26 Å². The number of halogens is 2.